The number of hydrogen-bond donors (Lipinski definition) is 0. The smallest absolute Gasteiger partial charge is 0.377 e. The molecule has 0 atom stereocenters. The van der Waals surface area contributed by atoms with Crippen LogP contribution in [0.15, 0.2) is 0 Å². The molecule has 0 unspecified atom stereocenters. The molecule has 0 aromatic rings. The first-order valence-electron chi connectivity index (χ1n) is 8.53. The van der Waals surface area contributed by atoms with Crippen LogP contribution in [0.3, 0.4) is 0 Å². The van der Waals surface area contributed by atoms with Crippen LogP contribution in [0.4, 0.5) is 0 Å². The van der Waals surface area contributed by atoms with Gasteiger partial charge in [0.2, 0.25) is 0 Å². The van der Waals surface area contributed by atoms with Gasteiger partial charge in [-0.25, -0.2) is 0 Å². The molecule has 0 saturated heterocycles. The monoisotopic (exact) mass is 512 g/mol. The SMILES string of the molecule is CO[Si](C)(OC)O[Si](OC)(OC)O[Si](C)(C)O[Si](OC)(OC)O[Si](C)(OC)OC. The van der Waals surface area contributed by atoms with Crippen LogP contribution in [0.25, 0.3) is 0 Å². The van der Waals surface area contributed by atoms with Gasteiger partial charge < -0.3 is 51.9 Å². The van der Waals surface area contributed by atoms with E-state index in [0.717, 1.165) is 0 Å². The van der Waals surface area contributed by atoms with Crippen LogP contribution in [0.5, 0.6) is 0 Å². The van der Waals surface area contributed by atoms with Crippen LogP contribution in [0.1, 0.15) is 0 Å². The van der Waals surface area contributed by atoms with E-state index in [1.54, 1.807) is 26.2 Å². The average molecular weight is 513 g/mol. The van der Waals surface area contributed by atoms with Crippen LogP contribution in [-0.2, 0) is 51.9 Å². The Balaban J connectivity index is 5.75. The van der Waals surface area contributed by atoms with E-state index in [1.807, 2.05) is 0 Å². The standard InChI is InChI=1S/C12H36O12Si5/c1-13-26(11,14-2)23-28(17-5,18-6)21-25(9,10)22-29(19-7,20-8)24-27(12,15-3)16-4/h1-12H3. The lowest BCUT2D eigenvalue weighted by Crippen LogP contribution is -2.66. The van der Waals surface area contributed by atoms with E-state index >= 15 is 0 Å². The summed E-state index contributed by atoms with van der Waals surface area (Å²) in [5.41, 5.74) is 0. The molecule has 0 amide bonds. The van der Waals surface area contributed by atoms with Crippen molar-refractivity contribution in [2.45, 2.75) is 26.2 Å². The fourth-order valence-corrected chi connectivity index (χ4v) is 16.7. The van der Waals surface area contributed by atoms with E-state index in [9.17, 15) is 0 Å². The zero-order valence-electron chi connectivity index (χ0n) is 19.4. The molecule has 0 radical (unpaired) electrons. The second-order valence-corrected chi connectivity index (χ2v) is 20.9. The molecule has 0 N–H and O–H groups in total. The van der Waals surface area contributed by atoms with Gasteiger partial charge in [0.05, 0.1) is 0 Å². The fourth-order valence-electron chi connectivity index (χ4n) is 1.95. The first-order chi connectivity index (χ1) is 13.3. The molecule has 12 nitrogen and oxygen atoms in total. The van der Waals surface area contributed by atoms with Crippen LogP contribution in [0.2, 0.25) is 26.2 Å². The average Bonchev–Trinajstić information content (AvgIpc) is 2.71. The van der Waals surface area contributed by atoms with E-state index < -0.39 is 44.3 Å². The maximum absolute atomic E-state index is 6.16. The highest BCUT2D eigenvalue weighted by Crippen LogP contribution is 2.28. The predicted molar refractivity (Wildman–Crippen MR) is 113 cm³/mol. The van der Waals surface area contributed by atoms with Crippen molar-refractivity contribution in [3.8, 4) is 0 Å². The van der Waals surface area contributed by atoms with E-state index in [4.69, 9.17) is 51.9 Å². The first-order valence-corrected chi connectivity index (χ1v) is 19.1. The van der Waals surface area contributed by atoms with Gasteiger partial charge in [-0.2, -0.15) is 0 Å². The molecule has 0 spiro atoms. The van der Waals surface area contributed by atoms with Gasteiger partial charge in [0.15, 0.2) is 0 Å². The Morgan fingerprint density at radius 3 is 0.759 bits per heavy atom. The van der Waals surface area contributed by atoms with Crippen LogP contribution >= 0.6 is 0 Å². The van der Waals surface area contributed by atoms with Crippen LogP contribution < -0.4 is 0 Å². The zero-order valence-corrected chi connectivity index (χ0v) is 24.4. The van der Waals surface area contributed by atoms with Gasteiger partial charge in [0, 0.05) is 70.0 Å². The highest BCUT2D eigenvalue weighted by molar-refractivity contribution is 6.83. The molecular formula is C12H36O12Si5. The molecule has 0 heterocycles. The largest absolute Gasteiger partial charge is 0.662 e. The van der Waals surface area contributed by atoms with Gasteiger partial charge in [0.1, 0.15) is 0 Å². The summed E-state index contributed by atoms with van der Waals surface area (Å²) in [7, 11) is -5.10. The zero-order chi connectivity index (χ0) is 23.0. The van der Waals surface area contributed by atoms with E-state index in [-0.39, 0.29) is 0 Å². The molecule has 29 heavy (non-hydrogen) atoms. The Morgan fingerprint density at radius 1 is 0.345 bits per heavy atom. The summed E-state index contributed by atoms with van der Waals surface area (Å²) in [5, 5.41) is 0. The Labute approximate surface area is 179 Å². The van der Waals surface area contributed by atoms with E-state index in [0.29, 0.717) is 0 Å². The second kappa shape index (κ2) is 12.0. The van der Waals surface area contributed by atoms with Crippen molar-refractivity contribution < 1.29 is 51.9 Å². The van der Waals surface area contributed by atoms with Gasteiger partial charge in [-0.3, -0.25) is 0 Å². The highest BCUT2D eigenvalue weighted by Gasteiger charge is 2.61. The van der Waals surface area contributed by atoms with Crippen molar-refractivity contribution in [2.75, 3.05) is 56.9 Å². The topological polar surface area (TPSA) is 111 Å². The van der Waals surface area contributed by atoms with Gasteiger partial charge in [-0.1, -0.05) is 0 Å². The fraction of sp³-hybridized carbons (Fsp3) is 1.00. The third-order valence-electron chi connectivity index (χ3n) is 3.85. The molecule has 0 aliphatic rings. The maximum atomic E-state index is 6.16. The maximum Gasteiger partial charge on any atom is 0.662 e. The van der Waals surface area contributed by atoms with Crippen LogP contribution in [-0.4, -0.2) is 101 Å². The Hall–Kier alpha value is 0.604. The third-order valence-corrected chi connectivity index (χ3v) is 19.7. The Morgan fingerprint density at radius 2 is 0.586 bits per heavy atom. The third kappa shape index (κ3) is 8.57. The van der Waals surface area contributed by atoms with Gasteiger partial charge in [-0.05, 0) is 13.1 Å². The van der Waals surface area contributed by atoms with E-state index in [1.165, 1.54) is 56.9 Å². The number of rotatable bonds is 16. The van der Waals surface area contributed by atoms with E-state index in [2.05, 4.69) is 0 Å². The van der Waals surface area contributed by atoms with Crippen molar-refractivity contribution in [1.82, 2.24) is 0 Å². The Kier molecular flexibility index (Phi) is 12.3. The minimum atomic E-state index is -3.70. The van der Waals surface area contributed by atoms with Crippen LogP contribution in [0, 0.1) is 0 Å². The van der Waals surface area contributed by atoms with Crippen molar-refractivity contribution in [1.29, 1.82) is 0 Å². The van der Waals surface area contributed by atoms with Crippen molar-refractivity contribution >= 4 is 44.3 Å². The summed E-state index contributed by atoms with van der Waals surface area (Å²) in [6.45, 7) is 6.87. The summed E-state index contributed by atoms with van der Waals surface area (Å²) < 4.78 is 67.7. The summed E-state index contributed by atoms with van der Waals surface area (Å²) in [6, 6.07) is 0. The molecule has 0 fully saturated rings. The lowest BCUT2D eigenvalue weighted by atomic mass is 11.8. The van der Waals surface area contributed by atoms with Gasteiger partial charge in [-0.15, -0.1) is 0 Å². The Bertz CT molecular complexity index is 428. The molecule has 17 heteroatoms. The van der Waals surface area contributed by atoms with Crippen molar-refractivity contribution in [3.05, 3.63) is 0 Å². The molecule has 0 bridgehead atoms. The molecule has 0 aliphatic heterocycles. The quantitative estimate of drug-likeness (QED) is 0.274. The lowest BCUT2D eigenvalue weighted by Gasteiger charge is -2.40. The highest BCUT2D eigenvalue weighted by atomic mass is 28.5. The molecular weight excluding hydrogens is 477 g/mol. The summed E-state index contributed by atoms with van der Waals surface area (Å²) in [6.07, 6.45) is 0. The van der Waals surface area contributed by atoms with Gasteiger partial charge in [0.25, 0.3) is 0 Å². The molecule has 0 aliphatic carbocycles. The minimum absolute atomic E-state index is 1.41. The summed E-state index contributed by atoms with van der Waals surface area (Å²) in [5.74, 6) is 0. The van der Waals surface area contributed by atoms with Gasteiger partial charge >= 0.3 is 44.3 Å². The number of hydrogen-bond acceptors (Lipinski definition) is 12. The first kappa shape index (κ1) is 29.6. The predicted octanol–water partition coefficient (Wildman–Crippen LogP) is 0.934. The molecule has 0 aromatic heterocycles. The summed E-state index contributed by atoms with van der Waals surface area (Å²) >= 11 is 0. The normalized spacial score (nSPS) is 14.5. The minimum Gasteiger partial charge on any atom is -0.377 e. The molecule has 0 aromatic carbocycles. The van der Waals surface area contributed by atoms with Crippen molar-refractivity contribution in [3.63, 3.8) is 0 Å². The van der Waals surface area contributed by atoms with Crippen molar-refractivity contribution in [2.24, 2.45) is 0 Å². The molecule has 0 rings (SSSR count). The molecule has 0 saturated carbocycles. The second-order valence-electron chi connectivity index (χ2n) is 6.17. The lowest BCUT2D eigenvalue weighted by molar-refractivity contribution is 0.0126. The molecule has 176 valence electrons. The summed E-state index contributed by atoms with van der Waals surface area (Å²) in [4.78, 5) is 0.